The second-order valence-corrected chi connectivity index (χ2v) is 8.32. The van der Waals surface area contributed by atoms with Gasteiger partial charge in [-0.3, -0.25) is 4.79 Å². The lowest BCUT2D eigenvalue weighted by Gasteiger charge is -2.36. The second-order valence-electron chi connectivity index (χ2n) is 6.24. The van der Waals surface area contributed by atoms with Crippen LogP contribution in [0.15, 0.2) is 22.1 Å². The SMILES string of the molecule is Cc1csc(SCC(=O)N2CCCCC2CCn2ccnc2C)n1. The topological polar surface area (TPSA) is 51.0 Å². The Kier molecular flexibility index (Phi) is 5.94. The van der Waals surface area contributed by atoms with E-state index in [0.29, 0.717) is 11.8 Å². The number of thioether (sulfide) groups is 1. The van der Waals surface area contributed by atoms with Gasteiger partial charge in [-0.05, 0) is 39.5 Å². The summed E-state index contributed by atoms with van der Waals surface area (Å²) in [4.78, 5) is 23.5. The zero-order chi connectivity index (χ0) is 16.9. The molecule has 0 N–H and O–H groups in total. The largest absolute Gasteiger partial charge is 0.339 e. The zero-order valence-corrected chi connectivity index (χ0v) is 15.9. The molecule has 2 aromatic heterocycles. The first-order chi connectivity index (χ1) is 11.6. The Bertz CT molecular complexity index is 682. The maximum absolute atomic E-state index is 12.7. The number of hydrogen-bond donors (Lipinski definition) is 0. The van der Waals surface area contributed by atoms with Crippen molar-refractivity contribution in [2.24, 2.45) is 0 Å². The highest BCUT2D eigenvalue weighted by molar-refractivity contribution is 8.01. The summed E-state index contributed by atoms with van der Waals surface area (Å²) in [5, 5.41) is 2.03. The summed E-state index contributed by atoms with van der Waals surface area (Å²) in [6, 6.07) is 0.353. The molecule has 1 aliphatic heterocycles. The van der Waals surface area contributed by atoms with E-state index in [1.54, 1.807) is 23.1 Å². The molecule has 2 aromatic rings. The van der Waals surface area contributed by atoms with Crippen LogP contribution in [-0.2, 0) is 11.3 Å². The Morgan fingerprint density at radius 3 is 3.00 bits per heavy atom. The third kappa shape index (κ3) is 4.39. The lowest BCUT2D eigenvalue weighted by Crippen LogP contribution is -2.45. The molecule has 1 aliphatic rings. The van der Waals surface area contributed by atoms with Crippen LogP contribution < -0.4 is 0 Å². The van der Waals surface area contributed by atoms with Gasteiger partial charge in [-0.2, -0.15) is 0 Å². The molecule has 7 heteroatoms. The van der Waals surface area contributed by atoms with Crippen molar-refractivity contribution in [1.29, 1.82) is 0 Å². The van der Waals surface area contributed by atoms with Crippen LogP contribution in [0.25, 0.3) is 0 Å². The van der Waals surface area contributed by atoms with Gasteiger partial charge in [-0.15, -0.1) is 11.3 Å². The molecule has 1 saturated heterocycles. The fourth-order valence-corrected chi connectivity index (χ4v) is 4.90. The van der Waals surface area contributed by atoms with E-state index in [-0.39, 0.29) is 5.91 Å². The summed E-state index contributed by atoms with van der Waals surface area (Å²) in [7, 11) is 0. The molecule has 0 spiro atoms. The monoisotopic (exact) mass is 364 g/mol. The predicted molar refractivity (Wildman–Crippen MR) is 98.5 cm³/mol. The predicted octanol–water partition coefficient (Wildman–Crippen LogP) is 3.52. The van der Waals surface area contributed by atoms with Crippen LogP contribution >= 0.6 is 23.1 Å². The number of likely N-dealkylation sites (tertiary alicyclic amines) is 1. The normalized spacial score (nSPS) is 18.1. The number of rotatable bonds is 6. The molecule has 3 heterocycles. The van der Waals surface area contributed by atoms with Crippen molar-refractivity contribution in [2.45, 2.75) is 56.5 Å². The molecule has 1 fully saturated rings. The average molecular weight is 365 g/mol. The van der Waals surface area contributed by atoms with E-state index >= 15 is 0 Å². The molecule has 130 valence electrons. The van der Waals surface area contributed by atoms with E-state index in [0.717, 1.165) is 48.2 Å². The minimum atomic E-state index is 0.250. The third-order valence-corrected chi connectivity index (χ3v) is 6.62. The molecule has 0 aliphatic carbocycles. The number of imidazole rings is 1. The number of aryl methyl sites for hydroxylation is 3. The van der Waals surface area contributed by atoms with Crippen molar-refractivity contribution < 1.29 is 4.79 Å². The van der Waals surface area contributed by atoms with Gasteiger partial charge in [0.2, 0.25) is 5.91 Å². The van der Waals surface area contributed by atoms with Crippen LogP contribution in [0.2, 0.25) is 0 Å². The molecule has 24 heavy (non-hydrogen) atoms. The van der Waals surface area contributed by atoms with E-state index in [2.05, 4.69) is 19.4 Å². The summed E-state index contributed by atoms with van der Waals surface area (Å²) < 4.78 is 3.16. The van der Waals surface area contributed by atoms with E-state index < -0.39 is 0 Å². The number of amides is 1. The average Bonchev–Trinajstić information content (AvgIpc) is 3.19. The van der Waals surface area contributed by atoms with Gasteiger partial charge in [0, 0.05) is 42.6 Å². The molecular formula is C17H24N4OS2. The van der Waals surface area contributed by atoms with Gasteiger partial charge < -0.3 is 9.47 Å². The number of hydrogen-bond acceptors (Lipinski definition) is 5. The van der Waals surface area contributed by atoms with E-state index in [9.17, 15) is 4.79 Å². The van der Waals surface area contributed by atoms with Gasteiger partial charge >= 0.3 is 0 Å². The molecule has 1 unspecified atom stereocenters. The smallest absolute Gasteiger partial charge is 0.233 e. The van der Waals surface area contributed by atoms with Crippen LogP contribution in [0.5, 0.6) is 0 Å². The fraction of sp³-hybridized carbons (Fsp3) is 0.588. The van der Waals surface area contributed by atoms with Gasteiger partial charge in [0.1, 0.15) is 5.82 Å². The van der Waals surface area contributed by atoms with Crippen LogP contribution in [0.3, 0.4) is 0 Å². The van der Waals surface area contributed by atoms with Crippen molar-refractivity contribution in [1.82, 2.24) is 19.4 Å². The van der Waals surface area contributed by atoms with E-state index in [4.69, 9.17) is 0 Å². The zero-order valence-electron chi connectivity index (χ0n) is 14.3. The van der Waals surface area contributed by atoms with Gasteiger partial charge in [0.25, 0.3) is 0 Å². The van der Waals surface area contributed by atoms with Crippen LogP contribution in [0.1, 0.15) is 37.2 Å². The fourth-order valence-electron chi connectivity index (χ4n) is 3.16. The Labute approximate surface area is 151 Å². The summed E-state index contributed by atoms with van der Waals surface area (Å²) in [5.74, 6) is 1.78. The Morgan fingerprint density at radius 1 is 1.42 bits per heavy atom. The van der Waals surface area contributed by atoms with E-state index in [1.807, 2.05) is 31.6 Å². The number of thiazole rings is 1. The minimum Gasteiger partial charge on any atom is -0.339 e. The summed E-state index contributed by atoms with van der Waals surface area (Å²) >= 11 is 3.18. The van der Waals surface area contributed by atoms with Crippen molar-refractivity contribution >= 4 is 29.0 Å². The molecular weight excluding hydrogens is 340 g/mol. The Balaban J connectivity index is 1.54. The molecule has 0 radical (unpaired) electrons. The van der Waals surface area contributed by atoms with Crippen molar-refractivity contribution in [3.63, 3.8) is 0 Å². The Morgan fingerprint density at radius 2 is 2.29 bits per heavy atom. The molecule has 1 atom stereocenters. The molecule has 3 rings (SSSR count). The lowest BCUT2D eigenvalue weighted by molar-refractivity contribution is -0.132. The molecule has 1 amide bonds. The first-order valence-corrected chi connectivity index (χ1v) is 10.3. The van der Waals surface area contributed by atoms with Crippen molar-refractivity contribution in [2.75, 3.05) is 12.3 Å². The van der Waals surface area contributed by atoms with E-state index in [1.165, 1.54) is 6.42 Å². The summed E-state index contributed by atoms with van der Waals surface area (Å²) in [6.07, 6.45) is 8.31. The number of aromatic nitrogens is 3. The standard InChI is InChI=1S/C17H24N4OS2/c1-13-11-23-17(19-13)24-12-16(22)21-8-4-3-5-15(21)6-9-20-10-7-18-14(20)2/h7,10-11,15H,3-6,8-9,12H2,1-2H3. The first-order valence-electron chi connectivity index (χ1n) is 8.45. The van der Waals surface area contributed by atoms with Crippen molar-refractivity contribution in [3.05, 3.63) is 29.3 Å². The van der Waals surface area contributed by atoms with Gasteiger partial charge in [-0.25, -0.2) is 9.97 Å². The highest BCUT2D eigenvalue weighted by atomic mass is 32.2. The molecule has 5 nitrogen and oxygen atoms in total. The number of nitrogens with zero attached hydrogens (tertiary/aromatic N) is 4. The maximum atomic E-state index is 12.7. The number of piperidine rings is 1. The van der Waals surface area contributed by atoms with Crippen LogP contribution in [-0.4, -0.2) is 43.7 Å². The highest BCUT2D eigenvalue weighted by Crippen LogP contribution is 2.25. The maximum Gasteiger partial charge on any atom is 0.233 e. The van der Waals surface area contributed by atoms with Gasteiger partial charge in [0.15, 0.2) is 4.34 Å². The summed E-state index contributed by atoms with van der Waals surface area (Å²) in [5.41, 5.74) is 1.03. The molecule has 0 aromatic carbocycles. The van der Waals surface area contributed by atoms with Gasteiger partial charge in [-0.1, -0.05) is 11.8 Å². The third-order valence-electron chi connectivity index (χ3n) is 4.49. The lowest BCUT2D eigenvalue weighted by atomic mass is 9.99. The molecule has 0 saturated carbocycles. The van der Waals surface area contributed by atoms with Crippen LogP contribution in [0, 0.1) is 13.8 Å². The minimum absolute atomic E-state index is 0.250. The highest BCUT2D eigenvalue weighted by Gasteiger charge is 2.26. The van der Waals surface area contributed by atoms with Gasteiger partial charge in [0.05, 0.1) is 5.75 Å². The summed E-state index contributed by atoms with van der Waals surface area (Å²) in [6.45, 7) is 5.83. The second kappa shape index (κ2) is 8.16. The first kappa shape index (κ1) is 17.5. The quantitative estimate of drug-likeness (QED) is 0.736. The van der Waals surface area contributed by atoms with Crippen LogP contribution in [0.4, 0.5) is 0 Å². The number of carbonyl (C=O) groups is 1. The van der Waals surface area contributed by atoms with Crippen molar-refractivity contribution in [3.8, 4) is 0 Å². The number of carbonyl (C=O) groups excluding carboxylic acids is 1. The Hall–Kier alpha value is -1.34. The molecule has 0 bridgehead atoms.